The lowest BCUT2D eigenvalue weighted by molar-refractivity contribution is -0.143. The summed E-state index contributed by atoms with van der Waals surface area (Å²) >= 11 is 0. The van der Waals surface area contributed by atoms with Gasteiger partial charge in [0.1, 0.15) is 12.2 Å². The minimum absolute atomic E-state index is 0.0551. The van der Waals surface area contributed by atoms with Crippen LogP contribution in [0.15, 0.2) is 11.8 Å². The molecule has 0 aliphatic heterocycles. The highest BCUT2D eigenvalue weighted by Gasteiger charge is 2.10. The van der Waals surface area contributed by atoms with Crippen LogP contribution in [0.1, 0.15) is 27.2 Å². The van der Waals surface area contributed by atoms with Crippen molar-refractivity contribution in [3.63, 3.8) is 0 Å². The van der Waals surface area contributed by atoms with Gasteiger partial charge in [-0.05, 0) is 20.8 Å². The third-order valence-corrected chi connectivity index (χ3v) is 1.52. The smallest absolute Gasteiger partial charge is 0.334 e. The van der Waals surface area contributed by atoms with E-state index >= 15 is 0 Å². The summed E-state index contributed by atoms with van der Waals surface area (Å²) in [6.07, 6.45) is 1.12. The molecule has 0 saturated carbocycles. The van der Waals surface area contributed by atoms with Gasteiger partial charge in [-0.15, -0.1) is 0 Å². The van der Waals surface area contributed by atoms with E-state index in [0.29, 0.717) is 13.2 Å². The number of ether oxygens (including phenoxy) is 3. The fourth-order valence-corrected chi connectivity index (χ4v) is 0.999. The summed E-state index contributed by atoms with van der Waals surface area (Å²) < 4.78 is 14.6. The Balaban J connectivity index is 4.35. The lowest BCUT2D eigenvalue weighted by Crippen LogP contribution is -2.09. The van der Waals surface area contributed by atoms with Crippen molar-refractivity contribution in [3.8, 4) is 0 Å². The van der Waals surface area contributed by atoms with Gasteiger partial charge in [0.15, 0.2) is 0 Å². The zero-order chi connectivity index (χ0) is 12.4. The SMILES string of the molecule is CCOC(=O)C=C(CC(=O)OCC)OCC. The molecule has 0 bridgehead atoms. The van der Waals surface area contributed by atoms with Gasteiger partial charge < -0.3 is 14.2 Å². The van der Waals surface area contributed by atoms with Gasteiger partial charge in [0.05, 0.1) is 25.9 Å². The van der Waals surface area contributed by atoms with E-state index < -0.39 is 11.9 Å². The fourth-order valence-electron chi connectivity index (χ4n) is 0.999. The zero-order valence-electron chi connectivity index (χ0n) is 9.95. The Labute approximate surface area is 95.4 Å². The first-order valence-corrected chi connectivity index (χ1v) is 5.29. The molecule has 5 nitrogen and oxygen atoms in total. The van der Waals surface area contributed by atoms with Crippen molar-refractivity contribution in [2.45, 2.75) is 27.2 Å². The first-order valence-electron chi connectivity index (χ1n) is 5.29. The Hall–Kier alpha value is -1.52. The van der Waals surface area contributed by atoms with E-state index in [1.165, 1.54) is 6.08 Å². The van der Waals surface area contributed by atoms with Crippen LogP contribution in [0.25, 0.3) is 0 Å². The molecule has 5 heteroatoms. The lowest BCUT2D eigenvalue weighted by atomic mass is 10.3. The summed E-state index contributed by atoms with van der Waals surface area (Å²) in [6.45, 7) is 6.16. The summed E-state index contributed by atoms with van der Waals surface area (Å²) in [5.41, 5.74) is 0. The monoisotopic (exact) mass is 230 g/mol. The minimum atomic E-state index is -0.518. The summed E-state index contributed by atoms with van der Waals surface area (Å²) in [5, 5.41) is 0. The van der Waals surface area contributed by atoms with Gasteiger partial charge in [-0.3, -0.25) is 4.79 Å². The second-order valence-electron chi connectivity index (χ2n) is 2.78. The maximum Gasteiger partial charge on any atom is 0.334 e. The number of esters is 2. The summed E-state index contributed by atoms with van der Waals surface area (Å²) in [6, 6.07) is 0. The van der Waals surface area contributed by atoms with Gasteiger partial charge in [-0.25, -0.2) is 4.79 Å². The van der Waals surface area contributed by atoms with Crippen molar-refractivity contribution in [2.75, 3.05) is 19.8 Å². The lowest BCUT2D eigenvalue weighted by Gasteiger charge is -2.07. The van der Waals surface area contributed by atoms with Gasteiger partial charge in [0, 0.05) is 0 Å². The zero-order valence-corrected chi connectivity index (χ0v) is 9.95. The Morgan fingerprint density at radius 2 is 1.50 bits per heavy atom. The summed E-state index contributed by atoms with van der Waals surface area (Å²) in [4.78, 5) is 22.3. The first kappa shape index (κ1) is 14.5. The van der Waals surface area contributed by atoms with Crippen LogP contribution in [0.3, 0.4) is 0 Å². The number of rotatable bonds is 7. The average Bonchev–Trinajstić information content (AvgIpc) is 2.18. The fraction of sp³-hybridized carbons (Fsp3) is 0.636. The van der Waals surface area contributed by atoms with Gasteiger partial charge in [0.2, 0.25) is 0 Å². The minimum Gasteiger partial charge on any atom is -0.497 e. The largest absolute Gasteiger partial charge is 0.497 e. The van der Waals surface area contributed by atoms with Gasteiger partial charge in [-0.1, -0.05) is 0 Å². The predicted molar refractivity (Wildman–Crippen MR) is 57.6 cm³/mol. The topological polar surface area (TPSA) is 61.8 Å². The van der Waals surface area contributed by atoms with Crippen molar-refractivity contribution < 1.29 is 23.8 Å². The second-order valence-corrected chi connectivity index (χ2v) is 2.78. The van der Waals surface area contributed by atoms with Gasteiger partial charge in [-0.2, -0.15) is 0 Å². The molecule has 0 unspecified atom stereocenters. The number of hydrogen-bond acceptors (Lipinski definition) is 5. The van der Waals surface area contributed by atoms with Crippen LogP contribution >= 0.6 is 0 Å². The van der Waals surface area contributed by atoms with E-state index in [0.717, 1.165) is 0 Å². The Morgan fingerprint density at radius 1 is 0.938 bits per heavy atom. The van der Waals surface area contributed by atoms with Crippen LogP contribution in [0.2, 0.25) is 0 Å². The van der Waals surface area contributed by atoms with Crippen LogP contribution in [0.4, 0.5) is 0 Å². The second kappa shape index (κ2) is 8.76. The van der Waals surface area contributed by atoms with Crippen molar-refractivity contribution in [1.29, 1.82) is 0 Å². The van der Waals surface area contributed by atoms with Crippen molar-refractivity contribution in [2.24, 2.45) is 0 Å². The molecular weight excluding hydrogens is 212 g/mol. The molecule has 0 fully saturated rings. The molecule has 92 valence electrons. The van der Waals surface area contributed by atoms with Crippen LogP contribution in [-0.2, 0) is 23.8 Å². The third-order valence-electron chi connectivity index (χ3n) is 1.52. The number of hydrogen-bond donors (Lipinski definition) is 0. The molecule has 0 aliphatic rings. The molecule has 0 aromatic rings. The molecule has 0 saturated heterocycles. The van der Waals surface area contributed by atoms with E-state index in [1.54, 1.807) is 20.8 Å². The van der Waals surface area contributed by atoms with E-state index in [9.17, 15) is 9.59 Å². The summed E-state index contributed by atoms with van der Waals surface area (Å²) in [7, 11) is 0. The molecule has 0 aromatic heterocycles. The normalized spacial score (nSPS) is 10.8. The Morgan fingerprint density at radius 3 is 2.00 bits per heavy atom. The Bertz CT molecular complexity index is 257. The van der Waals surface area contributed by atoms with E-state index in [1.807, 2.05) is 0 Å². The van der Waals surface area contributed by atoms with Crippen molar-refractivity contribution >= 4 is 11.9 Å². The highest BCUT2D eigenvalue weighted by molar-refractivity contribution is 5.84. The van der Waals surface area contributed by atoms with Crippen molar-refractivity contribution in [1.82, 2.24) is 0 Å². The third kappa shape index (κ3) is 6.86. The van der Waals surface area contributed by atoms with Crippen molar-refractivity contribution in [3.05, 3.63) is 11.8 Å². The predicted octanol–water partition coefficient (Wildman–Crippen LogP) is 1.42. The van der Waals surface area contributed by atoms with E-state index in [-0.39, 0.29) is 18.8 Å². The molecule has 0 aliphatic carbocycles. The van der Waals surface area contributed by atoms with Gasteiger partial charge in [0.25, 0.3) is 0 Å². The molecule has 0 heterocycles. The molecule has 0 N–H and O–H groups in total. The molecule has 0 spiro atoms. The maximum atomic E-state index is 11.2. The van der Waals surface area contributed by atoms with Gasteiger partial charge >= 0.3 is 11.9 Å². The standard InChI is InChI=1S/C11H18O5/c1-4-14-9(7-10(12)15-5-2)8-11(13)16-6-3/h7H,4-6,8H2,1-3H3. The molecule has 0 amide bonds. The summed E-state index contributed by atoms with van der Waals surface area (Å²) in [5.74, 6) is -0.679. The number of carbonyl (C=O) groups is 2. The molecule has 0 atom stereocenters. The first-order chi connectivity index (χ1) is 7.63. The molecule has 0 rings (SSSR count). The maximum absolute atomic E-state index is 11.2. The van der Waals surface area contributed by atoms with E-state index in [2.05, 4.69) is 0 Å². The average molecular weight is 230 g/mol. The molecule has 16 heavy (non-hydrogen) atoms. The van der Waals surface area contributed by atoms with Crippen LogP contribution in [-0.4, -0.2) is 31.8 Å². The molecular formula is C11H18O5. The highest BCUT2D eigenvalue weighted by Crippen LogP contribution is 2.06. The quantitative estimate of drug-likeness (QED) is 0.376. The van der Waals surface area contributed by atoms with Crippen LogP contribution in [0.5, 0.6) is 0 Å². The van der Waals surface area contributed by atoms with E-state index in [4.69, 9.17) is 14.2 Å². The number of carbonyl (C=O) groups excluding carboxylic acids is 2. The molecule has 0 radical (unpaired) electrons. The highest BCUT2D eigenvalue weighted by atomic mass is 16.5. The van der Waals surface area contributed by atoms with Crippen LogP contribution < -0.4 is 0 Å². The van der Waals surface area contributed by atoms with Crippen LogP contribution in [0, 0.1) is 0 Å². The Kier molecular flexibility index (Phi) is 7.93. The molecule has 0 aromatic carbocycles.